The molecule has 2 aromatic heterocycles. The lowest BCUT2D eigenvalue weighted by Crippen LogP contribution is -2.37. The van der Waals surface area contributed by atoms with E-state index in [0.717, 1.165) is 34.2 Å². The maximum atomic E-state index is 12.1. The van der Waals surface area contributed by atoms with Crippen LogP contribution in [0.4, 0.5) is 5.69 Å². The second kappa shape index (κ2) is 5.02. The lowest BCUT2D eigenvalue weighted by atomic mass is 10.1. The maximum absolute atomic E-state index is 12.1. The van der Waals surface area contributed by atoms with Crippen molar-refractivity contribution in [1.82, 2.24) is 0 Å². The molecule has 108 valence electrons. The SMILES string of the molecule is O=c1oc2c(ccc3sccc32)c(N2CCOCC2)c1Cl. The largest absolute Gasteiger partial charge is 0.421 e. The summed E-state index contributed by atoms with van der Waals surface area (Å²) in [5, 5.41) is 3.99. The lowest BCUT2D eigenvalue weighted by Gasteiger charge is -2.30. The molecule has 21 heavy (non-hydrogen) atoms. The van der Waals surface area contributed by atoms with E-state index in [2.05, 4.69) is 4.90 Å². The molecule has 0 bridgehead atoms. The molecule has 0 atom stereocenters. The molecule has 0 spiro atoms. The molecule has 4 nitrogen and oxygen atoms in total. The van der Waals surface area contributed by atoms with Gasteiger partial charge in [-0.15, -0.1) is 11.3 Å². The average molecular weight is 322 g/mol. The molecule has 1 aliphatic rings. The van der Waals surface area contributed by atoms with Crippen molar-refractivity contribution in [2.45, 2.75) is 0 Å². The van der Waals surface area contributed by atoms with Crippen molar-refractivity contribution >= 4 is 49.7 Å². The fraction of sp³-hybridized carbons (Fsp3) is 0.267. The predicted octanol–water partition coefficient (Wildman–Crippen LogP) is 3.50. The van der Waals surface area contributed by atoms with Crippen LogP contribution in [-0.2, 0) is 4.74 Å². The zero-order valence-corrected chi connectivity index (χ0v) is 12.7. The molecule has 0 saturated carbocycles. The molecule has 3 aromatic rings. The fourth-order valence-electron chi connectivity index (χ4n) is 2.76. The van der Waals surface area contributed by atoms with Crippen molar-refractivity contribution in [3.05, 3.63) is 39.0 Å². The Morgan fingerprint density at radius 3 is 2.76 bits per heavy atom. The van der Waals surface area contributed by atoms with Crippen LogP contribution < -0.4 is 10.5 Å². The molecular weight excluding hydrogens is 310 g/mol. The minimum atomic E-state index is -0.482. The highest BCUT2D eigenvalue weighted by molar-refractivity contribution is 7.17. The number of rotatable bonds is 1. The van der Waals surface area contributed by atoms with Crippen molar-refractivity contribution in [1.29, 1.82) is 0 Å². The van der Waals surface area contributed by atoms with Crippen LogP contribution in [0.5, 0.6) is 0 Å². The average Bonchev–Trinajstić information content (AvgIpc) is 2.98. The molecule has 0 radical (unpaired) electrons. The molecule has 1 saturated heterocycles. The van der Waals surface area contributed by atoms with Gasteiger partial charge in [0.25, 0.3) is 0 Å². The van der Waals surface area contributed by atoms with Gasteiger partial charge in [0.1, 0.15) is 10.6 Å². The number of hydrogen-bond acceptors (Lipinski definition) is 5. The van der Waals surface area contributed by atoms with E-state index in [1.54, 1.807) is 11.3 Å². The van der Waals surface area contributed by atoms with Gasteiger partial charge in [-0.25, -0.2) is 4.79 Å². The summed E-state index contributed by atoms with van der Waals surface area (Å²) in [6, 6.07) is 6.00. The Morgan fingerprint density at radius 1 is 1.14 bits per heavy atom. The van der Waals surface area contributed by atoms with Gasteiger partial charge >= 0.3 is 5.63 Å². The third-order valence-electron chi connectivity index (χ3n) is 3.75. The Labute approximate surface area is 129 Å². The van der Waals surface area contributed by atoms with Gasteiger partial charge in [-0.05, 0) is 23.6 Å². The summed E-state index contributed by atoms with van der Waals surface area (Å²) in [5.41, 5.74) is 0.897. The summed E-state index contributed by atoms with van der Waals surface area (Å²) in [7, 11) is 0. The Kier molecular flexibility index (Phi) is 3.14. The highest BCUT2D eigenvalue weighted by Gasteiger charge is 2.21. The van der Waals surface area contributed by atoms with Gasteiger partial charge < -0.3 is 14.1 Å². The second-order valence-corrected chi connectivity index (χ2v) is 6.25. The molecule has 3 heterocycles. The van der Waals surface area contributed by atoms with Crippen LogP contribution >= 0.6 is 22.9 Å². The van der Waals surface area contributed by atoms with E-state index in [9.17, 15) is 4.79 Å². The molecule has 6 heteroatoms. The first-order valence-corrected chi connectivity index (χ1v) is 7.96. The first-order chi connectivity index (χ1) is 10.3. The fourth-order valence-corrected chi connectivity index (χ4v) is 3.81. The highest BCUT2D eigenvalue weighted by atomic mass is 35.5. The molecule has 1 aliphatic heterocycles. The molecule has 0 aliphatic carbocycles. The zero-order chi connectivity index (χ0) is 14.4. The number of anilines is 1. The van der Waals surface area contributed by atoms with Crippen molar-refractivity contribution in [3.63, 3.8) is 0 Å². The summed E-state index contributed by atoms with van der Waals surface area (Å²) < 4.78 is 11.9. The van der Waals surface area contributed by atoms with E-state index in [0.29, 0.717) is 18.8 Å². The Morgan fingerprint density at radius 2 is 1.95 bits per heavy atom. The summed E-state index contributed by atoms with van der Waals surface area (Å²) in [6.45, 7) is 2.72. The van der Waals surface area contributed by atoms with Crippen LogP contribution in [0, 0.1) is 0 Å². The first kappa shape index (κ1) is 13.1. The second-order valence-electron chi connectivity index (χ2n) is 4.93. The number of nitrogens with zero attached hydrogens (tertiary/aromatic N) is 1. The standard InChI is InChI=1S/C15H12ClNO3S/c16-12-13(17-4-6-19-7-5-17)10-1-2-11-9(3-8-21-11)14(10)20-15(12)18/h1-3,8H,4-7H2. The van der Waals surface area contributed by atoms with E-state index in [-0.39, 0.29) is 5.02 Å². The van der Waals surface area contributed by atoms with Gasteiger partial charge in [0.15, 0.2) is 0 Å². The smallest absolute Gasteiger partial charge is 0.357 e. The van der Waals surface area contributed by atoms with Gasteiger partial charge in [-0.2, -0.15) is 0 Å². The predicted molar refractivity (Wildman–Crippen MR) is 85.9 cm³/mol. The first-order valence-electron chi connectivity index (χ1n) is 6.71. The summed E-state index contributed by atoms with van der Waals surface area (Å²) in [5.74, 6) is 0. The van der Waals surface area contributed by atoms with Crippen molar-refractivity contribution in [2.75, 3.05) is 31.2 Å². The Bertz CT molecular complexity index is 880. The van der Waals surface area contributed by atoms with Gasteiger partial charge in [0, 0.05) is 28.6 Å². The molecule has 1 fully saturated rings. The van der Waals surface area contributed by atoms with Gasteiger partial charge in [-0.1, -0.05) is 11.6 Å². The summed E-state index contributed by atoms with van der Waals surface area (Å²) in [4.78, 5) is 14.2. The van der Waals surface area contributed by atoms with Crippen LogP contribution in [0.15, 0.2) is 32.8 Å². The van der Waals surface area contributed by atoms with Crippen molar-refractivity contribution < 1.29 is 9.15 Å². The number of halogens is 1. The van der Waals surface area contributed by atoms with Gasteiger partial charge in [0.05, 0.1) is 18.9 Å². The number of fused-ring (bicyclic) bond motifs is 3. The lowest BCUT2D eigenvalue weighted by molar-refractivity contribution is 0.123. The Balaban J connectivity index is 2.07. The minimum absolute atomic E-state index is 0.152. The molecule has 0 N–H and O–H groups in total. The van der Waals surface area contributed by atoms with Crippen LogP contribution in [0.2, 0.25) is 5.02 Å². The van der Waals surface area contributed by atoms with E-state index < -0.39 is 5.63 Å². The van der Waals surface area contributed by atoms with E-state index in [1.165, 1.54) is 0 Å². The third kappa shape index (κ3) is 2.04. The third-order valence-corrected chi connectivity index (χ3v) is 4.97. The molecule has 4 rings (SSSR count). The van der Waals surface area contributed by atoms with E-state index in [4.69, 9.17) is 20.8 Å². The van der Waals surface area contributed by atoms with Crippen molar-refractivity contribution in [2.24, 2.45) is 0 Å². The quantitative estimate of drug-likeness (QED) is 0.643. The summed E-state index contributed by atoms with van der Waals surface area (Å²) in [6.07, 6.45) is 0. The number of thiophene rings is 1. The van der Waals surface area contributed by atoms with Gasteiger partial charge in [-0.3, -0.25) is 0 Å². The van der Waals surface area contributed by atoms with Gasteiger partial charge in [0.2, 0.25) is 0 Å². The van der Waals surface area contributed by atoms with Crippen LogP contribution in [-0.4, -0.2) is 26.3 Å². The minimum Gasteiger partial charge on any atom is -0.421 e. The van der Waals surface area contributed by atoms with Crippen LogP contribution in [0.1, 0.15) is 0 Å². The van der Waals surface area contributed by atoms with E-state index >= 15 is 0 Å². The molecule has 0 unspecified atom stereocenters. The maximum Gasteiger partial charge on any atom is 0.357 e. The highest BCUT2D eigenvalue weighted by Crippen LogP contribution is 2.37. The zero-order valence-electron chi connectivity index (χ0n) is 11.1. The van der Waals surface area contributed by atoms with Crippen LogP contribution in [0.25, 0.3) is 21.1 Å². The summed E-state index contributed by atoms with van der Waals surface area (Å²) >= 11 is 7.87. The Hall–Kier alpha value is -1.56. The number of morpholine rings is 1. The number of benzene rings is 1. The van der Waals surface area contributed by atoms with Crippen LogP contribution in [0.3, 0.4) is 0 Å². The number of hydrogen-bond donors (Lipinski definition) is 0. The van der Waals surface area contributed by atoms with E-state index in [1.807, 2.05) is 23.6 Å². The molecular formula is C15H12ClNO3S. The topological polar surface area (TPSA) is 42.7 Å². The molecule has 1 aromatic carbocycles. The normalized spacial score (nSPS) is 16.0. The number of ether oxygens (including phenoxy) is 1. The molecule has 0 amide bonds. The van der Waals surface area contributed by atoms with Crippen molar-refractivity contribution in [3.8, 4) is 0 Å². The monoisotopic (exact) mass is 321 g/mol.